The Morgan fingerprint density at radius 2 is 2.00 bits per heavy atom. The number of nitrogens with one attached hydrogen (secondary N) is 3. The SMILES string of the molecule is CNc1nc(C)cc(NCCNS(C)(=O)=O)n1. The monoisotopic (exact) mass is 259 g/mol. The first kappa shape index (κ1) is 13.7. The largest absolute Gasteiger partial charge is 0.369 e. The van der Waals surface area contributed by atoms with Crippen molar-refractivity contribution < 1.29 is 8.42 Å². The molecular formula is C9H17N5O2S. The summed E-state index contributed by atoms with van der Waals surface area (Å²) < 4.78 is 24.0. The molecule has 0 aliphatic heterocycles. The van der Waals surface area contributed by atoms with E-state index in [2.05, 4.69) is 25.3 Å². The summed E-state index contributed by atoms with van der Waals surface area (Å²) in [5.74, 6) is 1.20. The van der Waals surface area contributed by atoms with E-state index in [-0.39, 0.29) is 0 Å². The second-order valence-electron chi connectivity index (χ2n) is 3.56. The summed E-state index contributed by atoms with van der Waals surface area (Å²) in [6.45, 7) is 2.64. The first-order valence-corrected chi connectivity index (χ1v) is 7.02. The van der Waals surface area contributed by atoms with Crippen LogP contribution in [0.25, 0.3) is 0 Å². The Morgan fingerprint density at radius 3 is 2.59 bits per heavy atom. The molecule has 1 aromatic heterocycles. The molecule has 0 bridgehead atoms. The molecule has 0 radical (unpaired) electrons. The Kier molecular flexibility index (Phi) is 4.64. The van der Waals surface area contributed by atoms with Gasteiger partial charge in [-0.3, -0.25) is 0 Å². The summed E-state index contributed by atoms with van der Waals surface area (Å²) in [6, 6.07) is 1.79. The van der Waals surface area contributed by atoms with Crippen molar-refractivity contribution in [2.45, 2.75) is 6.92 Å². The Bertz CT molecular complexity index is 474. The molecule has 0 saturated carbocycles. The highest BCUT2D eigenvalue weighted by Gasteiger charge is 2.01. The van der Waals surface area contributed by atoms with E-state index in [0.29, 0.717) is 24.9 Å². The van der Waals surface area contributed by atoms with Crippen LogP contribution in [0.15, 0.2) is 6.07 Å². The molecule has 0 amide bonds. The van der Waals surface area contributed by atoms with Crippen molar-refractivity contribution in [1.82, 2.24) is 14.7 Å². The topological polar surface area (TPSA) is 96.0 Å². The van der Waals surface area contributed by atoms with Crippen LogP contribution in [-0.4, -0.2) is 44.8 Å². The van der Waals surface area contributed by atoms with Crippen LogP contribution in [0, 0.1) is 6.92 Å². The number of hydrogen-bond acceptors (Lipinski definition) is 6. The molecule has 1 heterocycles. The van der Waals surface area contributed by atoms with E-state index in [9.17, 15) is 8.42 Å². The summed E-state index contributed by atoms with van der Waals surface area (Å²) in [6.07, 6.45) is 1.13. The van der Waals surface area contributed by atoms with Gasteiger partial charge in [-0.15, -0.1) is 0 Å². The molecule has 0 aromatic carbocycles. The van der Waals surface area contributed by atoms with Crippen molar-refractivity contribution in [2.75, 3.05) is 37.0 Å². The van der Waals surface area contributed by atoms with Crippen LogP contribution in [0.3, 0.4) is 0 Å². The van der Waals surface area contributed by atoms with Crippen molar-refractivity contribution in [3.63, 3.8) is 0 Å². The molecule has 1 aromatic rings. The number of sulfonamides is 1. The Labute approximate surface area is 101 Å². The number of hydrogen-bond donors (Lipinski definition) is 3. The average molecular weight is 259 g/mol. The first-order valence-electron chi connectivity index (χ1n) is 5.12. The van der Waals surface area contributed by atoms with E-state index < -0.39 is 10.0 Å². The summed E-state index contributed by atoms with van der Waals surface area (Å²) in [4.78, 5) is 8.32. The lowest BCUT2D eigenvalue weighted by Crippen LogP contribution is -2.27. The van der Waals surface area contributed by atoms with Crippen LogP contribution >= 0.6 is 0 Å². The van der Waals surface area contributed by atoms with Gasteiger partial charge in [0.2, 0.25) is 16.0 Å². The predicted molar refractivity (Wildman–Crippen MR) is 67.7 cm³/mol. The van der Waals surface area contributed by atoms with Crippen LogP contribution in [0.4, 0.5) is 11.8 Å². The smallest absolute Gasteiger partial charge is 0.224 e. The zero-order valence-electron chi connectivity index (χ0n) is 10.1. The van der Waals surface area contributed by atoms with E-state index in [1.165, 1.54) is 0 Å². The van der Waals surface area contributed by atoms with Gasteiger partial charge in [-0.1, -0.05) is 0 Å². The third-order valence-electron chi connectivity index (χ3n) is 1.87. The van der Waals surface area contributed by atoms with Gasteiger partial charge in [-0.05, 0) is 6.92 Å². The number of aryl methyl sites for hydroxylation is 1. The predicted octanol–water partition coefficient (Wildman–Crippen LogP) is -0.212. The first-order chi connectivity index (χ1) is 7.90. The number of anilines is 2. The van der Waals surface area contributed by atoms with Crippen molar-refractivity contribution >= 4 is 21.8 Å². The van der Waals surface area contributed by atoms with Crippen LogP contribution < -0.4 is 15.4 Å². The maximum atomic E-state index is 10.8. The summed E-state index contributed by atoms with van der Waals surface area (Å²) in [5.41, 5.74) is 0.836. The fraction of sp³-hybridized carbons (Fsp3) is 0.556. The molecule has 0 atom stereocenters. The van der Waals surface area contributed by atoms with Crippen molar-refractivity contribution in [2.24, 2.45) is 0 Å². The van der Waals surface area contributed by atoms with Gasteiger partial charge in [0, 0.05) is 31.9 Å². The van der Waals surface area contributed by atoms with Crippen LogP contribution in [0.1, 0.15) is 5.69 Å². The summed E-state index contributed by atoms with van der Waals surface area (Å²) in [5, 5.41) is 5.86. The van der Waals surface area contributed by atoms with E-state index in [0.717, 1.165) is 11.9 Å². The normalized spacial score (nSPS) is 11.2. The second-order valence-corrected chi connectivity index (χ2v) is 5.39. The molecule has 17 heavy (non-hydrogen) atoms. The summed E-state index contributed by atoms with van der Waals surface area (Å²) >= 11 is 0. The number of rotatable bonds is 6. The highest BCUT2D eigenvalue weighted by molar-refractivity contribution is 7.88. The molecule has 0 spiro atoms. The van der Waals surface area contributed by atoms with Gasteiger partial charge in [-0.2, -0.15) is 4.98 Å². The minimum Gasteiger partial charge on any atom is -0.369 e. The molecule has 0 unspecified atom stereocenters. The second kappa shape index (κ2) is 5.78. The number of nitrogens with zero attached hydrogens (tertiary/aromatic N) is 2. The molecule has 0 fully saturated rings. The van der Waals surface area contributed by atoms with Crippen molar-refractivity contribution in [1.29, 1.82) is 0 Å². The maximum absolute atomic E-state index is 10.8. The third-order valence-corrected chi connectivity index (χ3v) is 2.60. The zero-order valence-corrected chi connectivity index (χ0v) is 10.9. The lowest BCUT2D eigenvalue weighted by molar-refractivity contribution is 0.589. The van der Waals surface area contributed by atoms with Crippen LogP contribution in [0.5, 0.6) is 0 Å². The van der Waals surface area contributed by atoms with Gasteiger partial charge in [0.05, 0.1) is 6.26 Å². The van der Waals surface area contributed by atoms with Gasteiger partial charge < -0.3 is 10.6 Å². The Balaban J connectivity index is 2.49. The molecule has 0 aliphatic carbocycles. The fourth-order valence-corrected chi connectivity index (χ4v) is 1.67. The molecule has 0 aliphatic rings. The maximum Gasteiger partial charge on any atom is 0.224 e. The molecule has 7 nitrogen and oxygen atoms in total. The van der Waals surface area contributed by atoms with Crippen LogP contribution in [-0.2, 0) is 10.0 Å². The lowest BCUT2D eigenvalue weighted by atomic mass is 10.4. The highest BCUT2D eigenvalue weighted by atomic mass is 32.2. The van der Waals surface area contributed by atoms with E-state index in [1.54, 1.807) is 13.1 Å². The molecular weight excluding hydrogens is 242 g/mol. The van der Waals surface area contributed by atoms with E-state index in [1.807, 2.05) is 6.92 Å². The molecule has 96 valence electrons. The average Bonchev–Trinajstić information content (AvgIpc) is 2.22. The summed E-state index contributed by atoms with van der Waals surface area (Å²) in [7, 11) is -1.39. The van der Waals surface area contributed by atoms with E-state index >= 15 is 0 Å². The van der Waals surface area contributed by atoms with E-state index in [4.69, 9.17) is 0 Å². The minimum absolute atomic E-state index is 0.316. The third kappa shape index (κ3) is 5.45. The Morgan fingerprint density at radius 1 is 1.29 bits per heavy atom. The molecule has 0 saturated heterocycles. The van der Waals surface area contributed by atoms with Gasteiger partial charge in [-0.25, -0.2) is 18.1 Å². The zero-order chi connectivity index (χ0) is 12.9. The highest BCUT2D eigenvalue weighted by Crippen LogP contribution is 2.08. The number of aromatic nitrogens is 2. The standard InChI is InChI=1S/C9H17N5O2S/c1-7-6-8(14-9(10-2)13-7)11-4-5-12-17(3,15)16/h6,12H,4-5H2,1-3H3,(H2,10,11,13,14). The van der Waals surface area contributed by atoms with Gasteiger partial charge in [0.1, 0.15) is 5.82 Å². The van der Waals surface area contributed by atoms with Crippen molar-refractivity contribution in [3.05, 3.63) is 11.8 Å². The molecule has 3 N–H and O–H groups in total. The van der Waals surface area contributed by atoms with Crippen molar-refractivity contribution in [3.8, 4) is 0 Å². The minimum atomic E-state index is -3.13. The van der Waals surface area contributed by atoms with Gasteiger partial charge in [0.25, 0.3) is 0 Å². The van der Waals surface area contributed by atoms with Crippen LogP contribution in [0.2, 0.25) is 0 Å². The molecule has 8 heteroatoms. The lowest BCUT2D eigenvalue weighted by Gasteiger charge is -2.08. The molecule has 1 rings (SSSR count). The fourth-order valence-electron chi connectivity index (χ4n) is 1.20. The Hall–Kier alpha value is -1.41. The van der Waals surface area contributed by atoms with Gasteiger partial charge >= 0.3 is 0 Å². The van der Waals surface area contributed by atoms with Gasteiger partial charge in [0.15, 0.2) is 0 Å². The quantitative estimate of drug-likeness (QED) is 0.612.